The highest BCUT2D eigenvalue weighted by atomic mass is 19.3. The van der Waals surface area contributed by atoms with Gasteiger partial charge in [0.15, 0.2) is 0 Å². The minimum absolute atomic E-state index is 0.135. The number of H-pyrrole nitrogens is 1. The van der Waals surface area contributed by atoms with E-state index >= 15 is 0 Å². The van der Waals surface area contributed by atoms with Crippen LogP contribution >= 0.6 is 0 Å². The number of hydrogen-bond donors (Lipinski definition) is 2. The summed E-state index contributed by atoms with van der Waals surface area (Å²) in [5.41, 5.74) is 6.99. The van der Waals surface area contributed by atoms with Gasteiger partial charge in [-0.2, -0.15) is 5.10 Å². The summed E-state index contributed by atoms with van der Waals surface area (Å²) in [4.78, 5) is 0. The van der Waals surface area contributed by atoms with Crippen LogP contribution in [0.2, 0.25) is 0 Å². The van der Waals surface area contributed by atoms with Crippen LogP contribution in [-0.4, -0.2) is 22.7 Å². The van der Waals surface area contributed by atoms with Crippen LogP contribution in [0.4, 0.5) is 13.2 Å². The van der Waals surface area contributed by atoms with Crippen LogP contribution in [0.1, 0.15) is 18.4 Å². The van der Waals surface area contributed by atoms with E-state index in [1.165, 1.54) is 12.1 Å². The summed E-state index contributed by atoms with van der Waals surface area (Å²) < 4.78 is 39.5. The molecule has 20 heavy (non-hydrogen) atoms. The summed E-state index contributed by atoms with van der Waals surface area (Å²) in [6.45, 7) is 0.135. The minimum atomic E-state index is -2.67. The predicted octanol–water partition coefficient (Wildman–Crippen LogP) is 2.84. The Morgan fingerprint density at radius 2 is 1.85 bits per heavy atom. The molecule has 0 spiro atoms. The van der Waals surface area contributed by atoms with E-state index in [4.69, 9.17) is 5.73 Å². The molecule has 2 aromatic rings. The summed E-state index contributed by atoms with van der Waals surface area (Å²) in [6, 6.07) is 5.83. The predicted molar refractivity (Wildman–Crippen MR) is 68.9 cm³/mol. The monoisotopic (exact) mass is 281 g/mol. The molecule has 1 aromatic carbocycles. The molecule has 1 fully saturated rings. The Bertz CT molecular complexity index is 611. The molecule has 3 N–H and O–H groups in total. The molecule has 0 bridgehead atoms. The van der Waals surface area contributed by atoms with Gasteiger partial charge < -0.3 is 5.73 Å². The lowest BCUT2D eigenvalue weighted by Crippen LogP contribution is -2.53. The Morgan fingerprint density at radius 3 is 2.40 bits per heavy atom. The molecule has 0 unspecified atom stereocenters. The highest BCUT2D eigenvalue weighted by Gasteiger charge is 2.57. The van der Waals surface area contributed by atoms with Gasteiger partial charge in [-0.05, 0) is 24.3 Å². The molecular weight excluding hydrogens is 267 g/mol. The molecule has 106 valence electrons. The van der Waals surface area contributed by atoms with E-state index in [0.717, 1.165) is 0 Å². The number of alkyl halides is 2. The first kappa shape index (κ1) is 13.2. The average molecular weight is 281 g/mol. The van der Waals surface area contributed by atoms with Gasteiger partial charge in [0.1, 0.15) is 5.82 Å². The fourth-order valence-corrected chi connectivity index (χ4v) is 2.91. The lowest BCUT2D eigenvalue weighted by molar-refractivity contribution is -0.123. The quantitative estimate of drug-likeness (QED) is 0.909. The van der Waals surface area contributed by atoms with Crippen LogP contribution in [-0.2, 0) is 5.41 Å². The third-order valence-corrected chi connectivity index (χ3v) is 3.93. The summed E-state index contributed by atoms with van der Waals surface area (Å²) in [6.07, 6.45) is 0.995. The van der Waals surface area contributed by atoms with Crippen molar-refractivity contribution in [2.45, 2.75) is 24.2 Å². The lowest BCUT2D eigenvalue weighted by atomic mass is 9.62. The number of benzene rings is 1. The summed E-state index contributed by atoms with van der Waals surface area (Å²) in [5.74, 6) is -3.02. The Labute approximate surface area is 114 Å². The zero-order chi connectivity index (χ0) is 14.4. The van der Waals surface area contributed by atoms with Crippen molar-refractivity contribution in [2.24, 2.45) is 5.73 Å². The fourth-order valence-electron chi connectivity index (χ4n) is 2.91. The largest absolute Gasteiger partial charge is 0.330 e. The van der Waals surface area contributed by atoms with Crippen molar-refractivity contribution in [3.63, 3.8) is 0 Å². The third-order valence-electron chi connectivity index (χ3n) is 3.93. The number of aromatic nitrogens is 2. The van der Waals surface area contributed by atoms with Gasteiger partial charge in [-0.15, -0.1) is 0 Å². The van der Waals surface area contributed by atoms with Crippen molar-refractivity contribution in [3.8, 4) is 11.3 Å². The molecule has 6 heteroatoms. The molecule has 1 aromatic heterocycles. The fraction of sp³-hybridized carbons (Fsp3) is 0.357. The van der Waals surface area contributed by atoms with Crippen molar-refractivity contribution < 1.29 is 13.2 Å². The van der Waals surface area contributed by atoms with Gasteiger partial charge in [0.25, 0.3) is 0 Å². The van der Waals surface area contributed by atoms with Gasteiger partial charge in [0.2, 0.25) is 5.92 Å². The van der Waals surface area contributed by atoms with Crippen LogP contribution in [0.3, 0.4) is 0 Å². The number of halogens is 3. The first-order chi connectivity index (χ1) is 9.46. The van der Waals surface area contributed by atoms with E-state index in [2.05, 4.69) is 10.2 Å². The third kappa shape index (κ3) is 2.00. The van der Waals surface area contributed by atoms with Gasteiger partial charge >= 0.3 is 0 Å². The van der Waals surface area contributed by atoms with E-state index in [9.17, 15) is 13.2 Å². The number of nitrogens with zero attached hydrogens (tertiary/aromatic N) is 1. The number of nitrogens with one attached hydrogen (secondary N) is 1. The Morgan fingerprint density at radius 1 is 1.20 bits per heavy atom. The first-order valence-corrected chi connectivity index (χ1v) is 6.33. The van der Waals surface area contributed by atoms with E-state index in [1.54, 1.807) is 18.3 Å². The van der Waals surface area contributed by atoms with Crippen LogP contribution in [0.5, 0.6) is 0 Å². The number of hydrogen-bond acceptors (Lipinski definition) is 2. The number of nitrogens with two attached hydrogens (primary N) is 1. The first-order valence-electron chi connectivity index (χ1n) is 6.33. The van der Waals surface area contributed by atoms with E-state index in [1.807, 2.05) is 0 Å². The summed E-state index contributed by atoms with van der Waals surface area (Å²) >= 11 is 0. The Balaban J connectivity index is 2.00. The molecular formula is C14H14F3N3. The number of rotatable bonds is 3. The van der Waals surface area contributed by atoms with Gasteiger partial charge in [-0.3, -0.25) is 5.10 Å². The average Bonchev–Trinajstić information content (AvgIpc) is 2.86. The molecule has 3 nitrogen and oxygen atoms in total. The van der Waals surface area contributed by atoms with Crippen LogP contribution < -0.4 is 5.73 Å². The highest BCUT2D eigenvalue weighted by molar-refractivity contribution is 5.65. The minimum Gasteiger partial charge on any atom is -0.330 e. The summed E-state index contributed by atoms with van der Waals surface area (Å²) in [5, 5.41) is 6.75. The van der Waals surface area contributed by atoms with Crippen LogP contribution in [0.25, 0.3) is 11.3 Å². The highest BCUT2D eigenvalue weighted by Crippen LogP contribution is 2.54. The molecule has 0 saturated heterocycles. The van der Waals surface area contributed by atoms with Gasteiger partial charge in [0.05, 0.1) is 11.9 Å². The maximum absolute atomic E-state index is 13.3. The molecule has 1 heterocycles. The van der Waals surface area contributed by atoms with Gasteiger partial charge in [-0.1, -0.05) is 0 Å². The summed E-state index contributed by atoms with van der Waals surface area (Å²) in [7, 11) is 0. The zero-order valence-electron chi connectivity index (χ0n) is 10.7. The van der Waals surface area contributed by atoms with Gasteiger partial charge in [0, 0.05) is 35.9 Å². The smallest absolute Gasteiger partial charge is 0.250 e. The molecule has 1 aliphatic carbocycles. The maximum Gasteiger partial charge on any atom is 0.250 e. The lowest BCUT2D eigenvalue weighted by Gasteiger charge is -2.46. The molecule has 3 rings (SSSR count). The normalized spacial score (nSPS) is 19.6. The van der Waals surface area contributed by atoms with Gasteiger partial charge in [-0.25, -0.2) is 13.2 Å². The van der Waals surface area contributed by atoms with Crippen molar-refractivity contribution in [1.82, 2.24) is 10.2 Å². The van der Waals surface area contributed by atoms with Crippen molar-refractivity contribution >= 4 is 0 Å². The maximum atomic E-state index is 13.3. The number of aromatic amines is 1. The Kier molecular flexibility index (Phi) is 2.86. The Hall–Kier alpha value is -1.82. The zero-order valence-corrected chi connectivity index (χ0v) is 10.7. The molecule has 0 atom stereocenters. The molecule has 0 radical (unpaired) electrons. The van der Waals surface area contributed by atoms with Crippen molar-refractivity contribution in [3.05, 3.63) is 41.8 Å². The second-order valence-corrected chi connectivity index (χ2v) is 5.36. The van der Waals surface area contributed by atoms with Crippen molar-refractivity contribution in [2.75, 3.05) is 6.54 Å². The van der Waals surface area contributed by atoms with E-state index < -0.39 is 11.3 Å². The second-order valence-electron chi connectivity index (χ2n) is 5.36. The molecule has 1 saturated carbocycles. The van der Waals surface area contributed by atoms with E-state index in [-0.39, 0.29) is 25.2 Å². The second kappa shape index (κ2) is 4.34. The van der Waals surface area contributed by atoms with Crippen LogP contribution in [0, 0.1) is 5.82 Å². The SMILES string of the molecule is NCC1(c2cn[nH]c2-c2ccc(F)cc2)CC(F)(F)C1. The topological polar surface area (TPSA) is 54.7 Å². The van der Waals surface area contributed by atoms with Crippen molar-refractivity contribution in [1.29, 1.82) is 0 Å². The molecule has 1 aliphatic rings. The molecule has 0 amide bonds. The standard InChI is InChI=1S/C14H14F3N3/c15-10-3-1-9(2-4-10)12-11(5-19-20-12)13(8-18)6-14(16,17)7-13/h1-5H,6-8,18H2,(H,19,20). The molecule has 0 aliphatic heterocycles. The van der Waals surface area contributed by atoms with Crippen LogP contribution in [0.15, 0.2) is 30.5 Å². The van der Waals surface area contributed by atoms with E-state index in [0.29, 0.717) is 16.8 Å².